The van der Waals surface area contributed by atoms with Crippen LogP contribution in [0.4, 0.5) is 4.39 Å². The molecule has 1 unspecified atom stereocenters. The number of carbonyl (C=O) groups excluding carboxylic acids is 1. The first-order valence-electron chi connectivity index (χ1n) is 8.69. The number of phenols is 1. The van der Waals surface area contributed by atoms with E-state index in [1.165, 1.54) is 12.1 Å². The average molecular weight is 358 g/mol. The minimum atomic E-state index is -0.671. The molecule has 0 bridgehead atoms. The minimum absolute atomic E-state index is 0.0375. The van der Waals surface area contributed by atoms with Crippen molar-refractivity contribution in [1.29, 1.82) is 0 Å². The van der Waals surface area contributed by atoms with Gasteiger partial charge in [0.15, 0.2) is 11.6 Å². The van der Waals surface area contributed by atoms with Gasteiger partial charge in [0.05, 0.1) is 0 Å². The second-order valence-electron chi connectivity index (χ2n) is 6.64. The Labute approximate surface area is 152 Å². The van der Waals surface area contributed by atoms with Crippen LogP contribution < -0.4 is 0 Å². The largest absolute Gasteiger partial charge is 0.505 e. The van der Waals surface area contributed by atoms with E-state index >= 15 is 0 Å². The van der Waals surface area contributed by atoms with Crippen LogP contribution in [-0.4, -0.2) is 65.3 Å². The average Bonchev–Trinajstić information content (AvgIpc) is 2.65. The molecule has 1 saturated heterocycles. The molecule has 0 aromatic heterocycles. The monoisotopic (exact) mass is 358 g/mol. The number of amides is 1. The molecule has 2 aromatic carbocycles. The van der Waals surface area contributed by atoms with Crippen LogP contribution in [-0.2, 0) is 0 Å². The van der Waals surface area contributed by atoms with E-state index in [9.17, 15) is 19.4 Å². The van der Waals surface area contributed by atoms with Gasteiger partial charge in [0.25, 0.3) is 5.91 Å². The molecule has 2 N–H and O–H groups in total. The molecule has 6 heteroatoms. The van der Waals surface area contributed by atoms with E-state index in [0.717, 1.165) is 12.1 Å². The lowest BCUT2D eigenvalue weighted by atomic mass is 10.0. The van der Waals surface area contributed by atoms with Gasteiger partial charge in [-0.25, -0.2) is 4.39 Å². The molecule has 2 aromatic rings. The molecule has 26 heavy (non-hydrogen) atoms. The molecule has 3 rings (SSSR count). The SMILES string of the molecule is CN1CCN(C(=O)c2ccc(-c3ccc(O)c(F)c3)cc2)CC1CCO. The smallest absolute Gasteiger partial charge is 0.253 e. The fourth-order valence-corrected chi connectivity index (χ4v) is 3.27. The van der Waals surface area contributed by atoms with Crippen LogP contribution >= 0.6 is 0 Å². The van der Waals surface area contributed by atoms with Gasteiger partial charge in [-0.15, -0.1) is 0 Å². The summed E-state index contributed by atoms with van der Waals surface area (Å²) in [6.45, 7) is 2.14. The van der Waals surface area contributed by atoms with Gasteiger partial charge >= 0.3 is 0 Å². The lowest BCUT2D eigenvalue weighted by Crippen LogP contribution is -2.53. The Kier molecular flexibility index (Phi) is 5.54. The van der Waals surface area contributed by atoms with Gasteiger partial charge in [-0.05, 0) is 48.9 Å². The highest BCUT2D eigenvalue weighted by molar-refractivity contribution is 5.94. The fourth-order valence-electron chi connectivity index (χ4n) is 3.27. The number of hydrogen-bond acceptors (Lipinski definition) is 4. The van der Waals surface area contributed by atoms with E-state index in [2.05, 4.69) is 4.90 Å². The molecule has 0 saturated carbocycles. The molecular formula is C20H23FN2O3. The van der Waals surface area contributed by atoms with E-state index in [-0.39, 0.29) is 24.3 Å². The van der Waals surface area contributed by atoms with Crippen molar-refractivity contribution in [3.8, 4) is 16.9 Å². The van der Waals surface area contributed by atoms with E-state index in [1.807, 2.05) is 11.9 Å². The van der Waals surface area contributed by atoms with Crippen LogP contribution in [0.5, 0.6) is 5.75 Å². The standard InChI is InChI=1S/C20H23FN2O3/c1-22-9-10-23(13-17(22)8-11-24)20(26)15-4-2-14(3-5-15)16-6-7-19(25)18(21)12-16/h2-7,12,17,24-25H,8-11,13H2,1H3. The van der Waals surface area contributed by atoms with E-state index < -0.39 is 5.82 Å². The first-order chi connectivity index (χ1) is 12.5. The summed E-state index contributed by atoms with van der Waals surface area (Å²) in [5.41, 5.74) is 2.00. The van der Waals surface area contributed by atoms with Crippen molar-refractivity contribution in [3.63, 3.8) is 0 Å². The topological polar surface area (TPSA) is 64.0 Å². The number of halogens is 1. The van der Waals surface area contributed by atoms with Gasteiger partial charge in [-0.3, -0.25) is 9.69 Å². The normalized spacial score (nSPS) is 18.1. The maximum absolute atomic E-state index is 13.5. The number of phenolic OH excluding ortho intramolecular Hbond substituents is 1. The molecule has 1 heterocycles. The number of aliphatic hydroxyl groups is 1. The molecule has 0 aliphatic carbocycles. The third-order valence-corrected chi connectivity index (χ3v) is 4.94. The molecule has 1 aliphatic heterocycles. The number of aromatic hydroxyl groups is 1. The molecule has 0 spiro atoms. The number of benzene rings is 2. The summed E-state index contributed by atoms with van der Waals surface area (Å²) in [6.07, 6.45) is 0.644. The number of carbonyl (C=O) groups is 1. The molecule has 138 valence electrons. The highest BCUT2D eigenvalue weighted by Gasteiger charge is 2.27. The molecule has 1 aliphatic rings. The lowest BCUT2D eigenvalue weighted by molar-refractivity contribution is 0.0500. The van der Waals surface area contributed by atoms with Gasteiger partial charge in [-0.2, -0.15) is 0 Å². The van der Waals surface area contributed by atoms with Crippen molar-refractivity contribution < 1.29 is 19.4 Å². The minimum Gasteiger partial charge on any atom is -0.505 e. The van der Waals surface area contributed by atoms with Crippen LogP contribution in [0.2, 0.25) is 0 Å². The van der Waals surface area contributed by atoms with Crippen LogP contribution in [0.1, 0.15) is 16.8 Å². The summed E-state index contributed by atoms with van der Waals surface area (Å²) in [5.74, 6) is -1.09. The van der Waals surface area contributed by atoms with Crippen molar-refractivity contribution >= 4 is 5.91 Å². The predicted molar refractivity (Wildman–Crippen MR) is 97.5 cm³/mol. The number of rotatable bonds is 4. The fraction of sp³-hybridized carbons (Fsp3) is 0.350. The molecule has 5 nitrogen and oxygen atoms in total. The van der Waals surface area contributed by atoms with Crippen LogP contribution in [0, 0.1) is 5.82 Å². The van der Waals surface area contributed by atoms with Crippen LogP contribution in [0.3, 0.4) is 0 Å². The van der Waals surface area contributed by atoms with Crippen molar-refractivity contribution in [2.45, 2.75) is 12.5 Å². The van der Waals surface area contributed by atoms with Crippen molar-refractivity contribution in [2.75, 3.05) is 33.3 Å². The zero-order valence-corrected chi connectivity index (χ0v) is 14.7. The Morgan fingerprint density at radius 1 is 1.15 bits per heavy atom. The third-order valence-electron chi connectivity index (χ3n) is 4.94. The van der Waals surface area contributed by atoms with Gasteiger partial charge in [0.2, 0.25) is 0 Å². The Morgan fingerprint density at radius 2 is 1.85 bits per heavy atom. The summed E-state index contributed by atoms with van der Waals surface area (Å²) < 4.78 is 13.5. The summed E-state index contributed by atoms with van der Waals surface area (Å²) in [6, 6.07) is 11.4. The number of hydrogen-bond donors (Lipinski definition) is 2. The Hall–Kier alpha value is -2.44. The summed E-state index contributed by atoms with van der Waals surface area (Å²) in [4.78, 5) is 16.7. The number of likely N-dealkylation sites (N-methyl/N-ethyl adjacent to an activating group) is 1. The van der Waals surface area contributed by atoms with Gasteiger partial charge in [0, 0.05) is 37.8 Å². The van der Waals surface area contributed by atoms with E-state index in [1.54, 1.807) is 30.3 Å². The van der Waals surface area contributed by atoms with E-state index in [4.69, 9.17) is 0 Å². The molecular weight excluding hydrogens is 335 g/mol. The maximum atomic E-state index is 13.5. The zero-order chi connectivity index (χ0) is 18.7. The van der Waals surface area contributed by atoms with Crippen molar-refractivity contribution in [1.82, 2.24) is 9.80 Å². The maximum Gasteiger partial charge on any atom is 0.253 e. The first-order valence-corrected chi connectivity index (χ1v) is 8.69. The summed E-state index contributed by atoms with van der Waals surface area (Å²) >= 11 is 0. The Bertz CT molecular complexity index is 779. The number of piperazine rings is 1. The van der Waals surface area contributed by atoms with Gasteiger partial charge in [0.1, 0.15) is 0 Å². The highest BCUT2D eigenvalue weighted by Crippen LogP contribution is 2.25. The summed E-state index contributed by atoms with van der Waals surface area (Å²) in [7, 11) is 2.01. The second-order valence-corrected chi connectivity index (χ2v) is 6.64. The number of nitrogens with zero attached hydrogens (tertiary/aromatic N) is 2. The van der Waals surface area contributed by atoms with Gasteiger partial charge < -0.3 is 15.1 Å². The summed E-state index contributed by atoms with van der Waals surface area (Å²) in [5, 5.41) is 18.5. The first kappa shape index (κ1) is 18.4. The van der Waals surface area contributed by atoms with Gasteiger partial charge in [-0.1, -0.05) is 18.2 Å². The van der Waals surface area contributed by atoms with Crippen LogP contribution in [0.25, 0.3) is 11.1 Å². The molecule has 1 fully saturated rings. The van der Waals surface area contributed by atoms with Crippen molar-refractivity contribution in [3.05, 3.63) is 53.8 Å². The predicted octanol–water partition coefficient (Wildman–Crippen LogP) is 2.34. The quantitative estimate of drug-likeness (QED) is 0.881. The molecule has 0 radical (unpaired) electrons. The second kappa shape index (κ2) is 7.85. The number of aliphatic hydroxyl groups excluding tert-OH is 1. The molecule has 1 amide bonds. The zero-order valence-electron chi connectivity index (χ0n) is 14.7. The Balaban J connectivity index is 1.73. The highest BCUT2D eigenvalue weighted by atomic mass is 19.1. The van der Waals surface area contributed by atoms with E-state index in [0.29, 0.717) is 30.6 Å². The lowest BCUT2D eigenvalue weighted by Gasteiger charge is -2.39. The Morgan fingerprint density at radius 3 is 2.50 bits per heavy atom. The van der Waals surface area contributed by atoms with Crippen molar-refractivity contribution in [2.24, 2.45) is 0 Å². The third kappa shape index (κ3) is 3.86. The van der Waals surface area contributed by atoms with Crippen LogP contribution in [0.15, 0.2) is 42.5 Å². The molecule has 1 atom stereocenters.